The second-order valence-corrected chi connectivity index (χ2v) is 11.2. The number of rotatable bonds is 5. The molecule has 1 aliphatic carbocycles. The van der Waals surface area contributed by atoms with E-state index in [2.05, 4.69) is 9.94 Å². The SMILES string of the molecule is [C-]#[N+]c1ccc(-c2cc(C(=O)N3CCC[C@@H](N)C3)sc2-c2ccc3nn(CC4(O)CC4)cc3c2)cc1F. The lowest BCUT2D eigenvalue weighted by atomic mass is 10.0. The largest absolute Gasteiger partial charge is 0.388 e. The third-order valence-electron chi connectivity index (χ3n) is 7.16. The van der Waals surface area contributed by atoms with E-state index >= 15 is 0 Å². The van der Waals surface area contributed by atoms with Crippen molar-refractivity contribution in [3.05, 3.63) is 70.8 Å². The van der Waals surface area contributed by atoms with E-state index in [-0.39, 0.29) is 17.6 Å². The first-order valence-electron chi connectivity index (χ1n) is 12.4. The Hall–Kier alpha value is -3.58. The van der Waals surface area contributed by atoms with Crippen molar-refractivity contribution in [2.75, 3.05) is 13.1 Å². The van der Waals surface area contributed by atoms with E-state index in [1.54, 1.807) is 15.6 Å². The van der Waals surface area contributed by atoms with Crippen LogP contribution in [0.3, 0.4) is 0 Å². The molecule has 3 heterocycles. The number of nitrogens with two attached hydrogens (primary N) is 1. The second kappa shape index (κ2) is 9.06. The zero-order chi connectivity index (χ0) is 25.7. The number of amides is 1. The molecule has 0 spiro atoms. The first-order chi connectivity index (χ1) is 17.8. The molecular weight excluding hydrogens is 489 g/mol. The van der Waals surface area contributed by atoms with Gasteiger partial charge in [0.2, 0.25) is 5.69 Å². The van der Waals surface area contributed by atoms with Crippen molar-refractivity contribution in [1.82, 2.24) is 14.7 Å². The number of thiophene rings is 1. The van der Waals surface area contributed by atoms with E-state index in [0.29, 0.717) is 30.1 Å². The Morgan fingerprint density at radius 1 is 1.24 bits per heavy atom. The van der Waals surface area contributed by atoms with Crippen LogP contribution in [0.5, 0.6) is 0 Å². The average Bonchev–Trinajstić information content (AvgIpc) is 3.27. The Bertz CT molecular complexity index is 1560. The van der Waals surface area contributed by atoms with Crippen LogP contribution in [0.2, 0.25) is 0 Å². The van der Waals surface area contributed by atoms with Crippen molar-refractivity contribution in [2.45, 2.75) is 43.9 Å². The highest BCUT2D eigenvalue weighted by molar-refractivity contribution is 7.18. The molecule has 1 saturated carbocycles. The predicted octanol–water partition coefficient (Wildman–Crippen LogP) is 5.21. The second-order valence-electron chi connectivity index (χ2n) is 10.1. The van der Waals surface area contributed by atoms with Gasteiger partial charge in [-0.3, -0.25) is 9.48 Å². The number of piperidine rings is 1. The highest BCUT2D eigenvalue weighted by Gasteiger charge is 2.40. The maximum atomic E-state index is 14.6. The van der Waals surface area contributed by atoms with Gasteiger partial charge in [-0.15, -0.1) is 11.3 Å². The first-order valence-corrected chi connectivity index (χ1v) is 13.2. The Kier molecular flexibility index (Phi) is 5.83. The number of carbonyl (C=O) groups is 1. The van der Waals surface area contributed by atoms with E-state index in [9.17, 15) is 14.3 Å². The molecule has 6 rings (SSSR count). The topological polar surface area (TPSA) is 88.7 Å². The summed E-state index contributed by atoms with van der Waals surface area (Å²) in [6.45, 7) is 8.82. The molecule has 1 saturated heterocycles. The predicted molar refractivity (Wildman–Crippen MR) is 142 cm³/mol. The van der Waals surface area contributed by atoms with Gasteiger partial charge in [0, 0.05) is 41.2 Å². The fourth-order valence-corrected chi connectivity index (χ4v) is 6.09. The van der Waals surface area contributed by atoms with Crippen molar-refractivity contribution >= 4 is 33.8 Å². The number of halogens is 1. The lowest BCUT2D eigenvalue weighted by Gasteiger charge is -2.30. The molecule has 3 N–H and O–H groups in total. The normalized spacial score (nSPS) is 18.6. The minimum Gasteiger partial charge on any atom is -0.388 e. The zero-order valence-electron chi connectivity index (χ0n) is 20.2. The molecule has 9 heteroatoms. The molecule has 7 nitrogen and oxygen atoms in total. The Morgan fingerprint density at radius 2 is 2.05 bits per heavy atom. The van der Waals surface area contributed by atoms with Crippen molar-refractivity contribution in [3.8, 4) is 21.6 Å². The van der Waals surface area contributed by atoms with Crippen LogP contribution in [0.15, 0.2) is 48.7 Å². The van der Waals surface area contributed by atoms with Gasteiger partial charge >= 0.3 is 0 Å². The zero-order valence-corrected chi connectivity index (χ0v) is 21.0. The van der Waals surface area contributed by atoms with Gasteiger partial charge in [-0.2, -0.15) is 5.10 Å². The van der Waals surface area contributed by atoms with Crippen molar-refractivity contribution < 1.29 is 14.3 Å². The molecule has 188 valence electrons. The molecule has 0 radical (unpaired) electrons. The molecule has 1 atom stereocenters. The fraction of sp³-hybridized carbons (Fsp3) is 0.321. The number of hydrogen-bond acceptors (Lipinski definition) is 5. The molecule has 1 amide bonds. The van der Waals surface area contributed by atoms with E-state index in [1.807, 2.05) is 30.5 Å². The molecule has 0 bridgehead atoms. The number of fused-ring (bicyclic) bond motifs is 1. The molecule has 2 fully saturated rings. The molecule has 2 aromatic carbocycles. The monoisotopic (exact) mass is 515 g/mol. The fourth-order valence-electron chi connectivity index (χ4n) is 4.94. The van der Waals surface area contributed by atoms with E-state index in [0.717, 1.165) is 52.6 Å². The summed E-state index contributed by atoms with van der Waals surface area (Å²) in [6.07, 6.45) is 5.27. The summed E-state index contributed by atoms with van der Waals surface area (Å²) in [5.74, 6) is -0.660. The smallest absolute Gasteiger partial charge is 0.264 e. The Balaban J connectivity index is 1.42. The van der Waals surface area contributed by atoms with Gasteiger partial charge in [0.15, 0.2) is 0 Å². The van der Waals surface area contributed by atoms with Crippen LogP contribution in [-0.2, 0) is 6.54 Å². The Morgan fingerprint density at radius 3 is 2.78 bits per heavy atom. The Labute approximate surface area is 217 Å². The minimum atomic E-state index is -0.653. The van der Waals surface area contributed by atoms with Crippen LogP contribution in [0.4, 0.5) is 10.1 Å². The number of aromatic nitrogens is 2. The van der Waals surface area contributed by atoms with Crippen LogP contribution in [0.25, 0.3) is 37.3 Å². The highest BCUT2D eigenvalue weighted by Crippen LogP contribution is 2.42. The lowest BCUT2D eigenvalue weighted by Crippen LogP contribution is -2.45. The number of benzene rings is 2. The third-order valence-corrected chi connectivity index (χ3v) is 8.34. The van der Waals surface area contributed by atoms with Crippen LogP contribution in [-0.4, -0.2) is 50.4 Å². The van der Waals surface area contributed by atoms with Gasteiger partial charge in [-0.25, -0.2) is 9.24 Å². The van der Waals surface area contributed by atoms with Crippen molar-refractivity contribution in [2.24, 2.45) is 5.73 Å². The summed E-state index contributed by atoms with van der Waals surface area (Å²) in [5, 5.41) is 15.8. The van der Waals surface area contributed by atoms with Crippen LogP contribution in [0, 0.1) is 12.4 Å². The van der Waals surface area contributed by atoms with E-state index in [4.69, 9.17) is 12.3 Å². The first kappa shape index (κ1) is 23.8. The van der Waals surface area contributed by atoms with Gasteiger partial charge < -0.3 is 15.7 Å². The van der Waals surface area contributed by atoms with Crippen molar-refractivity contribution in [3.63, 3.8) is 0 Å². The number of likely N-dealkylation sites (tertiary alicyclic amines) is 1. The molecule has 4 aromatic rings. The minimum absolute atomic E-state index is 0.0282. The molecular formula is C28H26FN5O2S. The van der Waals surface area contributed by atoms with Crippen LogP contribution in [0.1, 0.15) is 35.4 Å². The molecule has 1 aliphatic heterocycles. The maximum Gasteiger partial charge on any atom is 0.264 e. The summed E-state index contributed by atoms with van der Waals surface area (Å²) in [5.41, 5.74) is 8.48. The number of aliphatic hydroxyl groups is 1. The average molecular weight is 516 g/mol. The number of nitrogens with zero attached hydrogens (tertiary/aromatic N) is 4. The van der Waals surface area contributed by atoms with Gasteiger partial charge in [-0.05, 0) is 61.1 Å². The van der Waals surface area contributed by atoms with E-state index < -0.39 is 11.4 Å². The summed E-state index contributed by atoms with van der Waals surface area (Å²) < 4.78 is 16.4. The molecule has 2 aromatic heterocycles. The van der Waals surface area contributed by atoms with Gasteiger partial charge in [0.25, 0.3) is 5.91 Å². The lowest BCUT2D eigenvalue weighted by molar-refractivity contribution is 0.0713. The summed E-state index contributed by atoms with van der Waals surface area (Å²) in [7, 11) is 0. The quantitative estimate of drug-likeness (QED) is 0.357. The summed E-state index contributed by atoms with van der Waals surface area (Å²) in [6, 6.07) is 12.2. The molecule has 37 heavy (non-hydrogen) atoms. The standard InChI is InChI=1S/C28H26FN5O2S/c1-31-24-7-4-17(12-22(24)29)21-13-25(27(35)33-10-2-3-20(30)15-33)37-26(21)18-5-6-23-19(11-18)14-34(32-23)16-28(36)8-9-28/h4-7,11-14,20,36H,2-3,8-10,15-16,30H2/t20-/m1/s1. The van der Waals surface area contributed by atoms with Gasteiger partial charge in [0.05, 0.1) is 29.1 Å². The summed E-state index contributed by atoms with van der Waals surface area (Å²) in [4.78, 5) is 19.9. The van der Waals surface area contributed by atoms with Crippen LogP contribution >= 0.6 is 11.3 Å². The van der Waals surface area contributed by atoms with E-state index in [1.165, 1.54) is 23.5 Å². The van der Waals surface area contributed by atoms with Gasteiger partial charge in [-0.1, -0.05) is 18.2 Å². The number of carbonyl (C=O) groups excluding carboxylic acids is 1. The third kappa shape index (κ3) is 4.64. The van der Waals surface area contributed by atoms with Crippen molar-refractivity contribution in [1.29, 1.82) is 0 Å². The van der Waals surface area contributed by atoms with Crippen LogP contribution < -0.4 is 5.73 Å². The molecule has 2 aliphatic rings. The maximum absolute atomic E-state index is 14.6. The molecule has 0 unspecified atom stereocenters. The highest BCUT2D eigenvalue weighted by atomic mass is 32.1. The summed E-state index contributed by atoms with van der Waals surface area (Å²) >= 11 is 1.38. The number of hydrogen-bond donors (Lipinski definition) is 2. The van der Waals surface area contributed by atoms with Gasteiger partial charge in [0.1, 0.15) is 5.82 Å².